The van der Waals surface area contributed by atoms with E-state index in [0.29, 0.717) is 11.1 Å². The highest BCUT2D eigenvalue weighted by Crippen LogP contribution is 2.35. The third kappa shape index (κ3) is 5.58. The maximum atomic E-state index is 13.5. The van der Waals surface area contributed by atoms with Gasteiger partial charge in [0.2, 0.25) is 16.4 Å². The molecule has 1 N–H and O–H groups in total. The lowest BCUT2D eigenvalue weighted by Crippen LogP contribution is -2.56. The largest absolute Gasteiger partial charge is 0.480 e. The van der Waals surface area contributed by atoms with E-state index in [9.17, 15) is 27.1 Å². The Morgan fingerprint density at radius 3 is 2.23 bits per heavy atom. The summed E-state index contributed by atoms with van der Waals surface area (Å²) >= 11 is 5.84. The van der Waals surface area contributed by atoms with E-state index < -0.39 is 40.8 Å². The van der Waals surface area contributed by atoms with Crippen LogP contribution in [0.2, 0.25) is 5.02 Å². The molecule has 2 rings (SSSR count). The topological polar surface area (TPSA) is 98.5 Å². The minimum Gasteiger partial charge on any atom is -0.480 e. The van der Waals surface area contributed by atoms with Crippen LogP contribution in [0.4, 0.5) is 8.78 Å². The quantitative estimate of drug-likeness (QED) is 0.543. The average Bonchev–Trinajstić information content (AvgIpc) is 2.74. The van der Waals surface area contributed by atoms with Gasteiger partial charge in [0, 0.05) is 18.0 Å². The first-order valence-electron chi connectivity index (χ1n) is 9.36. The third-order valence-corrected chi connectivity index (χ3v) is 7.23. The van der Waals surface area contributed by atoms with Crippen LogP contribution in [-0.2, 0) is 21.4 Å². The number of aliphatic carboxylic acids is 1. The van der Waals surface area contributed by atoms with E-state index >= 15 is 0 Å². The van der Waals surface area contributed by atoms with Crippen LogP contribution in [0.3, 0.4) is 0 Å². The smallest absolute Gasteiger partial charge is 0.325 e. The first kappa shape index (κ1) is 24.7. The number of carboxylic acids is 1. The number of nitriles is 1. The molecule has 0 saturated carbocycles. The zero-order chi connectivity index (χ0) is 23.2. The van der Waals surface area contributed by atoms with E-state index in [4.69, 9.17) is 16.9 Å². The Bertz CT molecular complexity index is 1050. The highest BCUT2D eigenvalue weighted by molar-refractivity contribution is 7.89. The number of halogens is 3. The second kappa shape index (κ2) is 10.2. The molecule has 1 atom stereocenters. The SMILES string of the molecule is CCC(CCC(F)F)(C(=O)O)N(Cc1ccc(C#N)cc1)S(=O)(=O)c1ccc(Cl)cc1. The van der Waals surface area contributed by atoms with Crippen molar-refractivity contribution in [2.75, 3.05) is 0 Å². The second-order valence-electron chi connectivity index (χ2n) is 6.89. The molecule has 0 bridgehead atoms. The Kier molecular flexibility index (Phi) is 8.12. The number of alkyl halides is 2. The maximum Gasteiger partial charge on any atom is 0.325 e. The molecule has 6 nitrogen and oxygen atoms in total. The van der Waals surface area contributed by atoms with Crippen molar-refractivity contribution in [3.63, 3.8) is 0 Å². The van der Waals surface area contributed by atoms with Gasteiger partial charge in [-0.2, -0.15) is 9.57 Å². The number of benzene rings is 2. The van der Waals surface area contributed by atoms with Crippen LogP contribution in [0.25, 0.3) is 0 Å². The average molecular weight is 471 g/mol. The Morgan fingerprint density at radius 2 is 1.77 bits per heavy atom. The zero-order valence-electron chi connectivity index (χ0n) is 16.6. The molecule has 10 heteroatoms. The number of hydrogen-bond donors (Lipinski definition) is 1. The summed E-state index contributed by atoms with van der Waals surface area (Å²) in [5.41, 5.74) is -1.34. The van der Waals surface area contributed by atoms with Crippen LogP contribution in [0.15, 0.2) is 53.4 Å². The van der Waals surface area contributed by atoms with Gasteiger partial charge in [0.05, 0.1) is 16.5 Å². The van der Waals surface area contributed by atoms with Crippen molar-refractivity contribution in [2.24, 2.45) is 0 Å². The van der Waals surface area contributed by atoms with E-state index in [1.54, 1.807) is 0 Å². The van der Waals surface area contributed by atoms with E-state index in [1.165, 1.54) is 55.5 Å². The number of rotatable bonds is 10. The van der Waals surface area contributed by atoms with E-state index in [2.05, 4.69) is 0 Å². The molecule has 0 aliphatic heterocycles. The standard InChI is InChI=1S/C21H21ClF2N2O4S/c1-2-21(20(27)28,12-11-19(23)24)26(14-16-5-3-15(13-25)4-6-16)31(29,30)18-9-7-17(22)8-10-18/h3-10,19H,2,11-12,14H2,1H3,(H,27,28). The molecule has 0 amide bonds. The van der Waals surface area contributed by atoms with Crippen molar-refractivity contribution in [1.29, 1.82) is 5.26 Å². The molecule has 0 heterocycles. The molecule has 0 aliphatic rings. The fraction of sp³-hybridized carbons (Fsp3) is 0.333. The monoisotopic (exact) mass is 470 g/mol. The second-order valence-corrected chi connectivity index (χ2v) is 9.19. The van der Waals surface area contributed by atoms with Crippen LogP contribution in [0.1, 0.15) is 37.3 Å². The summed E-state index contributed by atoms with van der Waals surface area (Å²) in [6.07, 6.45) is -4.36. The molecule has 31 heavy (non-hydrogen) atoms. The molecule has 0 saturated heterocycles. The van der Waals surface area contributed by atoms with Gasteiger partial charge in [-0.15, -0.1) is 0 Å². The van der Waals surface area contributed by atoms with Crippen molar-refractivity contribution < 1.29 is 27.1 Å². The fourth-order valence-corrected chi connectivity index (χ4v) is 5.18. The van der Waals surface area contributed by atoms with Gasteiger partial charge in [-0.25, -0.2) is 17.2 Å². The van der Waals surface area contributed by atoms with Crippen molar-refractivity contribution in [2.45, 2.75) is 49.6 Å². The van der Waals surface area contributed by atoms with Crippen molar-refractivity contribution in [3.8, 4) is 6.07 Å². The third-order valence-electron chi connectivity index (χ3n) is 5.05. The molecule has 0 radical (unpaired) electrons. The molecule has 0 spiro atoms. The van der Waals surface area contributed by atoms with Gasteiger partial charge in [0.15, 0.2) is 0 Å². The minimum atomic E-state index is -4.41. The summed E-state index contributed by atoms with van der Waals surface area (Å²) in [5.74, 6) is -1.51. The Balaban J connectivity index is 2.64. The van der Waals surface area contributed by atoms with E-state index in [-0.39, 0.29) is 22.9 Å². The Labute approximate surface area is 184 Å². The predicted octanol–water partition coefficient (Wildman–Crippen LogP) is 4.68. The number of nitrogens with zero attached hydrogens (tertiary/aromatic N) is 2. The molecular weight excluding hydrogens is 450 g/mol. The minimum absolute atomic E-state index is 0.207. The van der Waals surface area contributed by atoms with Crippen molar-refractivity contribution >= 4 is 27.6 Å². The first-order valence-corrected chi connectivity index (χ1v) is 11.2. The normalized spacial score (nSPS) is 13.7. The summed E-state index contributed by atoms with van der Waals surface area (Å²) in [6, 6.07) is 13.0. The number of carboxylic acid groups (broad SMARTS) is 1. The predicted molar refractivity (Wildman–Crippen MR) is 111 cm³/mol. The van der Waals surface area contributed by atoms with Gasteiger partial charge in [-0.1, -0.05) is 30.7 Å². The molecule has 0 fully saturated rings. The van der Waals surface area contributed by atoms with Crippen LogP contribution in [-0.4, -0.2) is 35.8 Å². The van der Waals surface area contributed by atoms with Gasteiger partial charge in [-0.05, 0) is 54.8 Å². The summed E-state index contributed by atoms with van der Waals surface area (Å²) in [4.78, 5) is 12.1. The summed E-state index contributed by atoms with van der Waals surface area (Å²) in [5, 5.41) is 19.3. The lowest BCUT2D eigenvalue weighted by atomic mass is 9.90. The summed E-state index contributed by atoms with van der Waals surface area (Å²) < 4.78 is 53.8. The molecule has 2 aromatic carbocycles. The zero-order valence-corrected chi connectivity index (χ0v) is 18.2. The van der Waals surface area contributed by atoms with Gasteiger partial charge < -0.3 is 5.11 Å². The maximum absolute atomic E-state index is 13.5. The van der Waals surface area contributed by atoms with Crippen LogP contribution in [0.5, 0.6) is 0 Å². The van der Waals surface area contributed by atoms with Crippen molar-refractivity contribution in [3.05, 3.63) is 64.7 Å². The van der Waals surface area contributed by atoms with Crippen LogP contribution >= 0.6 is 11.6 Å². The molecule has 166 valence electrons. The summed E-state index contributed by atoms with van der Waals surface area (Å²) in [6.45, 7) is 1.07. The first-order chi connectivity index (χ1) is 14.6. The molecular formula is C21H21ClF2N2O4S. The van der Waals surface area contributed by atoms with Crippen LogP contribution < -0.4 is 0 Å². The van der Waals surface area contributed by atoms with Gasteiger partial charge in [-0.3, -0.25) is 4.79 Å². The highest BCUT2D eigenvalue weighted by atomic mass is 35.5. The molecule has 0 aromatic heterocycles. The fourth-order valence-electron chi connectivity index (χ4n) is 3.24. The van der Waals surface area contributed by atoms with Gasteiger partial charge >= 0.3 is 5.97 Å². The van der Waals surface area contributed by atoms with Gasteiger partial charge in [0.1, 0.15) is 5.54 Å². The van der Waals surface area contributed by atoms with Gasteiger partial charge in [0.25, 0.3) is 0 Å². The number of sulfonamides is 1. The number of carbonyl (C=O) groups is 1. The Morgan fingerprint density at radius 1 is 1.19 bits per heavy atom. The van der Waals surface area contributed by atoms with Crippen LogP contribution in [0, 0.1) is 11.3 Å². The molecule has 2 aromatic rings. The number of hydrogen-bond acceptors (Lipinski definition) is 4. The molecule has 0 aliphatic carbocycles. The lowest BCUT2D eigenvalue weighted by molar-refractivity contribution is -0.150. The lowest BCUT2D eigenvalue weighted by Gasteiger charge is -2.39. The molecule has 1 unspecified atom stereocenters. The van der Waals surface area contributed by atoms with E-state index in [0.717, 1.165) is 4.31 Å². The summed E-state index contributed by atoms with van der Waals surface area (Å²) in [7, 11) is -4.41. The highest BCUT2D eigenvalue weighted by Gasteiger charge is 2.49. The van der Waals surface area contributed by atoms with E-state index in [1.807, 2.05) is 6.07 Å². The Hall–Kier alpha value is -2.54. The van der Waals surface area contributed by atoms with Crippen molar-refractivity contribution in [1.82, 2.24) is 4.31 Å².